The van der Waals surface area contributed by atoms with Crippen molar-refractivity contribution in [2.45, 2.75) is 46.2 Å². The van der Waals surface area contributed by atoms with Crippen molar-refractivity contribution in [3.8, 4) is 0 Å². The summed E-state index contributed by atoms with van der Waals surface area (Å²) < 4.78 is 0. The minimum Gasteiger partial charge on any atom is -0.480 e. The highest BCUT2D eigenvalue weighted by Gasteiger charge is 2.24. The third-order valence-corrected chi connectivity index (χ3v) is 2.86. The molecule has 1 aromatic rings. The molecule has 1 atom stereocenters. The van der Waals surface area contributed by atoms with Crippen molar-refractivity contribution in [2.75, 3.05) is 7.05 Å². The molecule has 1 rings (SSSR count). The van der Waals surface area contributed by atoms with E-state index in [9.17, 15) is 9.90 Å². The van der Waals surface area contributed by atoms with Gasteiger partial charge in [-0.05, 0) is 32.9 Å². The number of carboxylic acids is 1. The molecule has 0 aliphatic heterocycles. The molecule has 0 heterocycles. The number of rotatable bonds is 5. The standard InChI is InChI=1S/C13H19NO2.C2H6/c1-10(2)14(3)12(13(15)16)9-11-7-5-4-6-8-11;1-2/h4-8,10,12H,9H2,1-3H3,(H,15,16);1-2H3. The lowest BCUT2D eigenvalue weighted by Gasteiger charge is -2.28. The Bertz CT molecular complexity index is 336. The Morgan fingerprint density at radius 3 is 2.11 bits per heavy atom. The Kier molecular flexibility index (Phi) is 8.05. The Labute approximate surface area is 110 Å². The lowest BCUT2D eigenvalue weighted by atomic mass is 10.0. The topological polar surface area (TPSA) is 40.5 Å². The van der Waals surface area contributed by atoms with Gasteiger partial charge in [-0.1, -0.05) is 44.2 Å². The molecule has 0 saturated carbocycles. The highest BCUT2D eigenvalue weighted by Crippen LogP contribution is 2.10. The van der Waals surface area contributed by atoms with Gasteiger partial charge in [-0.3, -0.25) is 9.69 Å². The molecule has 1 aromatic carbocycles. The lowest BCUT2D eigenvalue weighted by Crippen LogP contribution is -2.43. The van der Waals surface area contributed by atoms with E-state index in [1.807, 2.05) is 70.0 Å². The predicted octanol–water partition coefficient (Wildman–Crippen LogP) is 3.05. The van der Waals surface area contributed by atoms with Crippen molar-refractivity contribution in [1.29, 1.82) is 0 Å². The fraction of sp³-hybridized carbons (Fsp3) is 0.533. The SMILES string of the molecule is CC.CC(C)N(C)C(Cc1ccccc1)C(=O)O. The summed E-state index contributed by atoms with van der Waals surface area (Å²) in [5.41, 5.74) is 1.06. The highest BCUT2D eigenvalue weighted by atomic mass is 16.4. The summed E-state index contributed by atoms with van der Waals surface area (Å²) in [6.07, 6.45) is 0.546. The molecule has 0 saturated heterocycles. The number of carboxylic acid groups (broad SMARTS) is 1. The smallest absolute Gasteiger partial charge is 0.321 e. The average Bonchev–Trinajstić information content (AvgIpc) is 2.38. The average molecular weight is 251 g/mol. The van der Waals surface area contributed by atoms with Crippen LogP contribution in [0.3, 0.4) is 0 Å². The number of benzene rings is 1. The van der Waals surface area contributed by atoms with Crippen LogP contribution >= 0.6 is 0 Å². The molecule has 0 spiro atoms. The Hall–Kier alpha value is -1.35. The number of nitrogens with zero attached hydrogens (tertiary/aromatic N) is 1. The van der Waals surface area contributed by atoms with E-state index in [-0.39, 0.29) is 6.04 Å². The second-order valence-electron chi connectivity index (χ2n) is 4.30. The molecule has 0 aliphatic rings. The first-order valence-electron chi connectivity index (χ1n) is 6.51. The van der Waals surface area contributed by atoms with E-state index in [0.29, 0.717) is 6.42 Å². The van der Waals surface area contributed by atoms with E-state index in [4.69, 9.17) is 0 Å². The van der Waals surface area contributed by atoms with Crippen LogP contribution in [0.25, 0.3) is 0 Å². The lowest BCUT2D eigenvalue weighted by molar-refractivity contribution is -0.143. The highest BCUT2D eigenvalue weighted by molar-refractivity contribution is 5.74. The molecular weight excluding hydrogens is 226 g/mol. The zero-order valence-electron chi connectivity index (χ0n) is 12.1. The van der Waals surface area contributed by atoms with Crippen molar-refractivity contribution in [3.05, 3.63) is 35.9 Å². The summed E-state index contributed by atoms with van der Waals surface area (Å²) in [7, 11) is 1.85. The molecule has 3 heteroatoms. The van der Waals surface area contributed by atoms with E-state index < -0.39 is 12.0 Å². The van der Waals surface area contributed by atoms with Gasteiger partial charge in [0, 0.05) is 6.04 Å². The van der Waals surface area contributed by atoms with Crippen LogP contribution in [0.2, 0.25) is 0 Å². The molecule has 102 valence electrons. The first-order chi connectivity index (χ1) is 8.52. The van der Waals surface area contributed by atoms with Gasteiger partial charge in [0.1, 0.15) is 6.04 Å². The molecule has 0 aliphatic carbocycles. The summed E-state index contributed by atoms with van der Waals surface area (Å²) in [6.45, 7) is 8.00. The molecule has 0 radical (unpaired) electrons. The second-order valence-corrected chi connectivity index (χ2v) is 4.30. The maximum atomic E-state index is 11.2. The van der Waals surface area contributed by atoms with E-state index in [2.05, 4.69) is 0 Å². The molecule has 0 bridgehead atoms. The van der Waals surface area contributed by atoms with Gasteiger partial charge in [-0.2, -0.15) is 0 Å². The van der Waals surface area contributed by atoms with Crippen LogP contribution in [0.5, 0.6) is 0 Å². The minimum atomic E-state index is -0.764. The summed E-state index contributed by atoms with van der Waals surface area (Å²) in [5.74, 6) is -0.764. The predicted molar refractivity (Wildman–Crippen MR) is 75.8 cm³/mol. The van der Waals surface area contributed by atoms with E-state index >= 15 is 0 Å². The van der Waals surface area contributed by atoms with Gasteiger partial charge >= 0.3 is 5.97 Å². The van der Waals surface area contributed by atoms with E-state index in [1.54, 1.807) is 0 Å². The van der Waals surface area contributed by atoms with Gasteiger partial charge in [0.25, 0.3) is 0 Å². The number of likely N-dealkylation sites (N-methyl/N-ethyl adjacent to an activating group) is 1. The number of aliphatic carboxylic acids is 1. The van der Waals surface area contributed by atoms with Crippen molar-refractivity contribution in [3.63, 3.8) is 0 Å². The largest absolute Gasteiger partial charge is 0.480 e. The zero-order chi connectivity index (χ0) is 14.1. The van der Waals surface area contributed by atoms with Crippen molar-refractivity contribution < 1.29 is 9.90 Å². The molecule has 1 N–H and O–H groups in total. The van der Waals surface area contributed by atoms with E-state index in [0.717, 1.165) is 5.56 Å². The van der Waals surface area contributed by atoms with Crippen LogP contribution in [0.4, 0.5) is 0 Å². The Morgan fingerprint density at radius 2 is 1.72 bits per heavy atom. The summed E-state index contributed by atoms with van der Waals surface area (Å²) in [5, 5.41) is 9.21. The van der Waals surface area contributed by atoms with Gasteiger partial charge < -0.3 is 5.11 Å². The monoisotopic (exact) mass is 251 g/mol. The molecule has 0 aromatic heterocycles. The van der Waals surface area contributed by atoms with Crippen molar-refractivity contribution in [2.24, 2.45) is 0 Å². The quantitative estimate of drug-likeness (QED) is 0.874. The molecule has 0 amide bonds. The van der Waals surface area contributed by atoms with E-state index in [1.165, 1.54) is 0 Å². The fourth-order valence-electron chi connectivity index (χ4n) is 1.60. The summed E-state index contributed by atoms with van der Waals surface area (Å²) in [4.78, 5) is 13.1. The van der Waals surface area contributed by atoms with Crippen molar-refractivity contribution in [1.82, 2.24) is 4.90 Å². The minimum absolute atomic E-state index is 0.227. The Morgan fingerprint density at radius 1 is 1.22 bits per heavy atom. The van der Waals surface area contributed by atoms with Crippen LogP contribution < -0.4 is 0 Å². The van der Waals surface area contributed by atoms with Gasteiger partial charge in [-0.15, -0.1) is 0 Å². The van der Waals surface area contributed by atoms with Crippen molar-refractivity contribution >= 4 is 5.97 Å². The third-order valence-electron chi connectivity index (χ3n) is 2.86. The van der Waals surface area contributed by atoms with Gasteiger partial charge in [0.2, 0.25) is 0 Å². The third kappa shape index (κ3) is 5.32. The maximum Gasteiger partial charge on any atom is 0.321 e. The Balaban J connectivity index is 0.00000137. The molecule has 18 heavy (non-hydrogen) atoms. The van der Waals surface area contributed by atoms with Gasteiger partial charge in [0.05, 0.1) is 0 Å². The van der Waals surface area contributed by atoms with Crippen LogP contribution in [0.15, 0.2) is 30.3 Å². The fourth-order valence-corrected chi connectivity index (χ4v) is 1.60. The first-order valence-corrected chi connectivity index (χ1v) is 6.51. The normalized spacial score (nSPS) is 11.9. The van der Waals surface area contributed by atoms with Crippen LogP contribution in [0.1, 0.15) is 33.3 Å². The molecular formula is C15H25NO2. The number of hydrogen-bond acceptors (Lipinski definition) is 2. The summed E-state index contributed by atoms with van der Waals surface area (Å²) in [6, 6.07) is 9.50. The molecule has 3 nitrogen and oxygen atoms in total. The molecule has 1 unspecified atom stereocenters. The summed E-state index contributed by atoms with van der Waals surface area (Å²) >= 11 is 0. The number of carbonyl (C=O) groups is 1. The zero-order valence-corrected chi connectivity index (χ0v) is 12.1. The van der Waals surface area contributed by atoms with Gasteiger partial charge in [-0.25, -0.2) is 0 Å². The molecule has 0 fully saturated rings. The van der Waals surface area contributed by atoms with Crippen LogP contribution in [0, 0.1) is 0 Å². The first kappa shape index (κ1) is 16.6. The van der Waals surface area contributed by atoms with Gasteiger partial charge in [0.15, 0.2) is 0 Å². The van der Waals surface area contributed by atoms with Crippen LogP contribution in [-0.2, 0) is 11.2 Å². The van der Waals surface area contributed by atoms with Crippen LogP contribution in [-0.4, -0.2) is 35.1 Å². The maximum absolute atomic E-state index is 11.2. The number of hydrogen-bond donors (Lipinski definition) is 1. The second kappa shape index (κ2) is 8.70.